The van der Waals surface area contributed by atoms with Crippen LogP contribution in [-0.4, -0.2) is 19.3 Å². The Morgan fingerprint density at radius 2 is 2.18 bits per heavy atom. The second-order valence-electron chi connectivity index (χ2n) is 4.17. The number of rotatable bonds is 6. The lowest BCUT2D eigenvalue weighted by Crippen LogP contribution is -2.38. The highest BCUT2D eigenvalue weighted by Crippen LogP contribution is 2.20. The Morgan fingerprint density at radius 1 is 1.47 bits per heavy atom. The van der Waals surface area contributed by atoms with E-state index in [0.29, 0.717) is 11.4 Å². The molecule has 1 aromatic carbocycles. The molecule has 2 N–H and O–H groups in total. The number of ether oxygens (including phenoxy) is 1. The summed E-state index contributed by atoms with van der Waals surface area (Å²) < 4.78 is 18.4. The molecule has 0 saturated carbocycles. The fraction of sp³-hybridized carbons (Fsp3) is 0.538. The Kier molecular flexibility index (Phi) is 5.89. The van der Waals surface area contributed by atoms with E-state index < -0.39 is 0 Å². The summed E-state index contributed by atoms with van der Waals surface area (Å²) in [5.74, 6) is -0.291. The molecule has 96 valence electrons. The molecule has 17 heavy (non-hydrogen) atoms. The summed E-state index contributed by atoms with van der Waals surface area (Å²) >= 11 is 6.00. The van der Waals surface area contributed by atoms with Crippen molar-refractivity contribution >= 4 is 11.6 Å². The van der Waals surface area contributed by atoms with Crippen LogP contribution >= 0.6 is 11.6 Å². The second-order valence-corrected chi connectivity index (χ2v) is 4.57. The van der Waals surface area contributed by atoms with Crippen LogP contribution in [0.4, 0.5) is 4.39 Å². The second kappa shape index (κ2) is 6.94. The van der Waals surface area contributed by atoms with Gasteiger partial charge in [0.05, 0.1) is 6.10 Å². The maximum Gasteiger partial charge on any atom is 0.123 e. The molecule has 0 aliphatic heterocycles. The van der Waals surface area contributed by atoms with Gasteiger partial charge in [0.1, 0.15) is 5.82 Å². The average molecular weight is 260 g/mol. The zero-order valence-electron chi connectivity index (χ0n) is 10.2. The van der Waals surface area contributed by atoms with Gasteiger partial charge in [-0.1, -0.05) is 24.9 Å². The molecule has 0 spiro atoms. The van der Waals surface area contributed by atoms with Crippen LogP contribution in [0.1, 0.15) is 25.3 Å². The van der Waals surface area contributed by atoms with Crippen molar-refractivity contribution in [1.29, 1.82) is 0 Å². The molecule has 2 nitrogen and oxygen atoms in total. The van der Waals surface area contributed by atoms with Crippen LogP contribution in [0.3, 0.4) is 0 Å². The fourth-order valence-electron chi connectivity index (χ4n) is 1.88. The van der Waals surface area contributed by atoms with Gasteiger partial charge in [-0.25, -0.2) is 4.39 Å². The summed E-state index contributed by atoms with van der Waals surface area (Å²) in [4.78, 5) is 0. The molecular weight excluding hydrogens is 241 g/mol. The van der Waals surface area contributed by atoms with Crippen LogP contribution in [-0.2, 0) is 11.2 Å². The molecular formula is C13H19ClFNO. The van der Waals surface area contributed by atoms with Crippen LogP contribution in [0.25, 0.3) is 0 Å². The zero-order valence-corrected chi connectivity index (χ0v) is 11.0. The number of benzene rings is 1. The predicted molar refractivity (Wildman–Crippen MR) is 68.8 cm³/mol. The Balaban J connectivity index is 2.72. The van der Waals surface area contributed by atoms with Gasteiger partial charge < -0.3 is 10.5 Å². The smallest absolute Gasteiger partial charge is 0.123 e. The van der Waals surface area contributed by atoms with Crippen LogP contribution in [0.2, 0.25) is 5.02 Å². The summed E-state index contributed by atoms with van der Waals surface area (Å²) in [6.07, 6.45) is 2.40. The van der Waals surface area contributed by atoms with Crippen molar-refractivity contribution in [2.75, 3.05) is 7.11 Å². The largest absolute Gasteiger partial charge is 0.380 e. The van der Waals surface area contributed by atoms with E-state index >= 15 is 0 Å². The number of methoxy groups -OCH3 is 1. The monoisotopic (exact) mass is 259 g/mol. The van der Waals surface area contributed by atoms with Crippen molar-refractivity contribution in [2.45, 2.75) is 38.3 Å². The number of nitrogens with two attached hydrogens (primary N) is 1. The van der Waals surface area contributed by atoms with E-state index in [4.69, 9.17) is 22.1 Å². The summed E-state index contributed by atoms with van der Waals surface area (Å²) in [5.41, 5.74) is 6.79. The molecule has 0 bridgehead atoms. The van der Waals surface area contributed by atoms with Crippen LogP contribution in [0.5, 0.6) is 0 Å². The summed E-state index contributed by atoms with van der Waals surface area (Å²) in [6, 6.07) is 4.16. The first-order valence-electron chi connectivity index (χ1n) is 5.80. The standard InChI is InChI=1S/C13H19ClFNO/c1-3-4-13(17-2)12(16)8-9-7-10(15)5-6-11(9)14/h5-7,12-13H,3-4,8,16H2,1-2H3. The molecule has 0 aromatic heterocycles. The molecule has 0 heterocycles. The maximum absolute atomic E-state index is 13.1. The lowest BCUT2D eigenvalue weighted by molar-refractivity contribution is 0.0726. The number of hydrogen-bond donors (Lipinski definition) is 1. The first-order chi connectivity index (χ1) is 8.08. The highest BCUT2D eigenvalue weighted by atomic mass is 35.5. The normalized spacial score (nSPS) is 14.6. The third-order valence-electron chi connectivity index (χ3n) is 2.82. The van der Waals surface area contributed by atoms with Crippen molar-refractivity contribution in [3.63, 3.8) is 0 Å². The van der Waals surface area contributed by atoms with Crippen molar-refractivity contribution in [3.05, 3.63) is 34.6 Å². The lowest BCUT2D eigenvalue weighted by Gasteiger charge is -2.22. The SMILES string of the molecule is CCCC(OC)C(N)Cc1cc(F)ccc1Cl. The van der Waals surface area contributed by atoms with E-state index in [-0.39, 0.29) is 18.0 Å². The highest BCUT2D eigenvalue weighted by molar-refractivity contribution is 6.31. The maximum atomic E-state index is 13.1. The van der Waals surface area contributed by atoms with Crippen LogP contribution < -0.4 is 5.73 Å². The molecule has 0 fully saturated rings. The van der Waals surface area contributed by atoms with Crippen LogP contribution in [0.15, 0.2) is 18.2 Å². The summed E-state index contributed by atoms with van der Waals surface area (Å²) in [7, 11) is 1.65. The molecule has 0 radical (unpaired) electrons. The van der Waals surface area contributed by atoms with E-state index in [2.05, 4.69) is 6.92 Å². The van der Waals surface area contributed by atoms with E-state index in [0.717, 1.165) is 18.4 Å². The highest BCUT2D eigenvalue weighted by Gasteiger charge is 2.18. The van der Waals surface area contributed by atoms with Crippen molar-refractivity contribution in [1.82, 2.24) is 0 Å². The molecule has 0 aliphatic carbocycles. The lowest BCUT2D eigenvalue weighted by atomic mass is 9.99. The fourth-order valence-corrected chi connectivity index (χ4v) is 2.07. The van der Waals surface area contributed by atoms with Crippen molar-refractivity contribution < 1.29 is 9.13 Å². The van der Waals surface area contributed by atoms with Gasteiger partial charge in [0.25, 0.3) is 0 Å². The molecule has 2 atom stereocenters. The van der Waals surface area contributed by atoms with Gasteiger partial charge in [-0.3, -0.25) is 0 Å². The van der Waals surface area contributed by atoms with Crippen molar-refractivity contribution in [3.8, 4) is 0 Å². The van der Waals surface area contributed by atoms with Gasteiger partial charge in [-0.2, -0.15) is 0 Å². The van der Waals surface area contributed by atoms with Gasteiger partial charge in [-0.15, -0.1) is 0 Å². The molecule has 0 saturated heterocycles. The van der Waals surface area contributed by atoms with E-state index in [1.165, 1.54) is 12.1 Å². The molecule has 1 rings (SSSR count). The molecule has 0 amide bonds. The summed E-state index contributed by atoms with van der Waals surface area (Å²) in [6.45, 7) is 2.08. The first-order valence-corrected chi connectivity index (χ1v) is 6.18. The Bertz CT molecular complexity index is 359. The third-order valence-corrected chi connectivity index (χ3v) is 3.19. The predicted octanol–water partition coefficient (Wildman–Crippen LogP) is 3.16. The van der Waals surface area contributed by atoms with Crippen molar-refractivity contribution in [2.24, 2.45) is 5.73 Å². The molecule has 4 heteroatoms. The Hall–Kier alpha value is -0.640. The minimum Gasteiger partial charge on any atom is -0.380 e. The molecule has 1 aromatic rings. The van der Waals surface area contributed by atoms with E-state index in [1.807, 2.05) is 0 Å². The minimum atomic E-state index is -0.291. The quantitative estimate of drug-likeness (QED) is 0.852. The van der Waals surface area contributed by atoms with E-state index in [9.17, 15) is 4.39 Å². The first kappa shape index (κ1) is 14.4. The molecule has 2 unspecified atom stereocenters. The Morgan fingerprint density at radius 3 is 2.76 bits per heavy atom. The zero-order chi connectivity index (χ0) is 12.8. The average Bonchev–Trinajstić information content (AvgIpc) is 2.30. The minimum absolute atomic E-state index is 0.0145. The van der Waals surface area contributed by atoms with Gasteiger partial charge in [0, 0.05) is 18.2 Å². The van der Waals surface area contributed by atoms with E-state index in [1.54, 1.807) is 13.2 Å². The number of halogens is 2. The molecule has 0 aliphatic rings. The Labute approximate surface area is 107 Å². The van der Waals surface area contributed by atoms with Crippen LogP contribution in [0, 0.1) is 5.82 Å². The van der Waals surface area contributed by atoms with Gasteiger partial charge >= 0.3 is 0 Å². The van der Waals surface area contributed by atoms with Gasteiger partial charge in [-0.05, 0) is 36.6 Å². The number of hydrogen-bond acceptors (Lipinski definition) is 2. The van der Waals surface area contributed by atoms with Gasteiger partial charge in [0.2, 0.25) is 0 Å². The van der Waals surface area contributed by atoms with Gasteiger partial charge in [0.15, 0.2) is 0 Å². The summed E-state index contributed by atoms with van der Waals surface area (Å²) in [5, 5.41) is 0.549. The third kappa shape index (κ3) is 4.26. The topological polar surface area (TPSA) is 35.2 Å².